The van der Waals surface area contributed by atoms with E-state index in [2.05, 4.69) is 5.16 Å². The van der Waals surface area contributed by atoms with Crippen molar-refractivity contribution in [3.8, 4) is 0 Å². The quantitative estimate of drug-likeness (QED) is 0.623. The number of piperidine rings is 1. The number of likely N-dealkylation sites (tertiary alicyclic amines) is 1. The van der Waals surface area contributed by atoms with Crippen LogP contribution < -0.4 is 0 Å². The van der Waals surface area contributed by atoms with Gasteiger partial charge < -0.3 is 10.1 Å². The lowest BCUT2D eigenvalue weighted by molar-refractivity contribution is 0.0733. The molecule has 4 heteroatoms. The first-order valence-electron chi connectivity index (χ1n) is 6.60. The van der Waals surface area contributed by atoms with Crippen LogP contribution in [0.15, 0.2) is 23.4 Å². The maximum absolute atomic E-state index is 12.5. The Labute approximate surface area is 113 Å². The Bertz CT molecular complexity index is 523. The molecule has 1 atom stereocenters. The summed E-state index contributed by atoms with van der Waals surface area (Å²) in [6.45, 7) is 7.21. The van der Waals surface area contributed by atoms with Crippen molar-refractivity contribution in [2.24, 2.45) is 11.1 Å². The van der Waals surface area contributed by atoms with E-state index >= 15 is 0 Å². The van der Waals surface area contributed by atoms with E-state index in [9.17, 15) is 4.79 Å². The average Bonchev–Trinajstić information content (AvgIpc) is 2.38. The van der Waals surface area contributed by atoms with Gasteiger partial charge in [-0.25, -0.2) is 0 Å². The van der Waals surface area contributed by atoms with Crippen molar-refractivity contribution in [3.05, 3.63) is 34.9 Å². The summed E-state index contributed by atoms with van der Waals surface area (Å²) in [4.78, 5) is 14.3. The van der Waals surface area contributed by atoms with Crippen molar-refractivity contribution in [3.63, 3.8) is 0 Å². The Hall–Kier alpha value is -1.84. The van der Waals surface area contributed by atoms with E-state index in [-0.39, 0.29) is 11.8 Å². The Morgan fingerprint density at radius 2 is 2.16 bits per heavy atom. The highest BCUT2D eigenvalue weighted by atomic mass is 16.4. The lowest BCUT2D eigenvalue weighted by Crippen LogP contribution is -2.43. The van der Waals surface area contributed by atoms with Crippen LogP contribution in [0.25, 0.3) is 0 Å². The number of amides is 1. The van der Waals surface area contributed by atoms with E-state index in [1.807, 2.05) is 43.9 Å². The molecular formula is C15H20N2O2. The summed E-state index contributed by atoms with van der Waals surface area (Å²) < 4.78 is 0. The number of hydrogen-bond donors (Lipinski definition) is 1. The molecule has 4 nitrogen and oxygen atoms in total. The first kappa shape index (κ1) is 13.6. The third-order valence-electron chi connectivity index (χ3n) is 3.73. The summed E-state index contributed by atoms with van der Waals surface area (Å²) in [5, 5.41) is 12.2. The standard InChI is InChI=1S/C15H20N2O2/c1-10-4-5-13(11(2)8-10)15(18)17-7-6-14(16-19)12(3)9-17/h4-5,8,12,19H,6-7,9H2,1-3H3/b16-14+. The first-order valence-corrected chi connectivity index (χ1v) is 6.60. The minimum absolute atomic E-state index is 0.0707. The molecule has 0 aromatic heterocycles. The maximum atomic E-state index is 12.5. The van der Waals surface area contributed by atoms with Gasteiger partial charge in [-0.15, -0.1) is 0 Å². The second-order valence-corrected chi connectivity index (χ2v) is 5.31. The summed E-state index contributed by atoms with van der Waals surface area (Å²) >= 11 is 0. The fourth-order valence-electron chi connectivity index (χ4n) is 2.58. The second kappa shape index (κ2) is 5.43. The normalized spacial score (nSPS) is 21.7. The van der Waals surface area contributed by atoms with Crippen LogP contribution in [0.3, 0.4) is 0 Å². The molecule has 1 heterocycles. The molecule has 0 bridgehead atoms. The van der Waals surface area contributed by atoms with Crippen LogP contribution in [0.1, 0.15) is 34.8 Å². The second-order valence-electron chi connectivity index (χ2n) is 5.31. The van der Waals surface area contributed by atoms with Crippen molar-refractivity contribution in [2.75, 3.05) is 13.1 Å². The zero-order chi connectivity index (χ0) is 14.0. The molecule has 2 rings (SSSR count). The zero-order valence-electron chi connectivity index (χ0n) is 11.7. The number of oxime groups is 1. The molecule has 1 aromatic carbocycles. The van der Waals surface area contributed by atoms with Crippen molar-refractivity contribution in [2.45, 2.75) is 27.2 Å². The van der Waals surface area contributed by atoms with Gasteiger partial charge in [0.25, 0.3) is 5.91 Å². The van der Waals surface area contributed by atoms with Gasteiger partial charge in [0.1, 0.15) is 0 Å². The van der Waals surface area contributed by atoms with Crippen molar-refractivity contribution in [1.29, 1.82) is 0 Å². The van der Waals surface area contributed by atoms with E-state index in [0.29, 0.717) is 19.5 Å². The Morgan fingerprint density at radius 1 is 1.42 bits per heavy atom. The van der Waals surface area contributed by atoms with Gasteiger partial charge in [-0.3, -0.25) is 4.79 Å². The molecule has 102 valence electrons. The minimum Gasteiger partial charge on any atom is -0.411 e. The number of carbonyl (C=O) groups excluding carboxylic acids is 1. The third kappa shape index (κ3) is 2.78. The number of carbonyl (C=O) groups is 1. The molecule has 0 radical (unpaired) electrons. The predicted molar refractivity (Wildman–Crippen MR) is 74.8 cm³/mol. The van der Waals surface area contributed by atoms with E-state index in [0.717, 1.165) is 22.4 Å². The number of aryl methyl sites for hydroxylation is 2. The lowest BCUT2D eigenvalue weighted by atomic mass is 9.96. The Balaban J connectivity index is 2.17. The van der Waals surface area contributed by atoms with Crippen molar-refractivity contribution in [1.82, 2.24) is 4.90 Å². The molecule has 1 saturated heterocycles. The number of hydrogen-bond acceptors (Lipinski definition) is 3. The van der Waals surface area contributed by atoms with Gasteiger partial charge in [-0.2, -0.15) is 0 Å². The van der Waals surface area contributed by atoms with Gasteiger partial charge in [0, 0.05) is 31.0 Å². The average molecular weight is 260 g/mol. The van der Waals surface area contributed by atoms with E-state index in [1.165, 1.54) is 0 Å². The van der Waals surface area contributed by atoms with Gasteiger partial charge in [-0.05, 0) is 25.5 Å². The monoisotopic (exact) mass is 260 g/mol. The molecule has 1 unspecified atom stereocenters. The molecule has 1 fully saturated rings. The van der Waals surface area contributed by atoms with E-state index in [1.54, 1.807) is 0 Å². The third-order valence-corrected chi connectivity index (χ3v) is 3.73. The molecule has 1 aromatic rings. The van der Waals surface area contributed by atoms with Gasteiger partial charge in [-0.1, -0.05) is 29.8 Å². The fraction of sp³-hybridized carbons (Fsp3) is 0.467. The SMILES string of the molecule is Cc1ccc(C(=O)N2CC/C(=N\O)C(C)C2)c(C)c1. The topological polar surface area (TPSA) is 52.9 Å². The number of nitrogens with zero attached hydrogens (tertiary/aromatic N) is 2. The van der Waals surface area contributed by atoms with Crippen LogP contribution in [0.2, 0.25) is 0 Å². The van der Waals surface area contributed by atoms with Crippen LogP contribution >= 0.6 is 0 Å². The summed E-state index contributed by atoms with van der Waals surface area (Å²) in [5.41, 5.74) is 3.72. The Kier molecular flexibility index (Phi) is 3.88. The number of benzene rings is 1. The van der Waals surface area contributed by atoms with Crippen LogP contribution in [0, 0.1) is 19.8 Å². The van der Waals surface area contributed by atoms with Crippen LogP contribution in [0.5, 0.6) is 0 Å². The molecule has 19 heavy (non-hydrogen) atoms. The maximum Gasteiger partial charge on any atom is 0.254 e. The molecule has 1 N–H and O–H groups in total. The summed E-state index contributed by atoms with van der Waals surface area (Å²) in [6, 6.07) is 5.89. The highest BCUT2D eigenvalue weighted by Crippen LogP contribution is 2.19. The van der Waals surface area contributed by atoms with Crippen molar-refractivity contribution < 1.29 is 10.0 Å². The highest BCUT2D eigenvalue weighted by molar-refractivity contribution is 5.97. The first-order chi connectivity index (χ1) is 9.02. The van der Waals surface area contributed by atoms with Crippen LogP contribution in [-0.2, 0) is 0 Å². The molecule has 0 saturated carbocycles. The minimum atomic E-state index is 0.0707. The molecule has 1 aliphatic rings. The highest BCUT2D eigenvalue weighted by Gasteiger charge is 2.27. The molecule has 0 aliphatic carbocycles. The van der Waals surface area contributed by atoms with Crippen molar-refractivity contribution >= 4 is 11.6 Å². The van der Waals surface area contributed by atoms with Crippen LogP contribution in [-0.4, -0.2) is 34.8 Å². The van der Waals surface area contributed by atoms with Gasteiger partial charge in [0.15, 0.2) is 0 Å². The van der Waals surface area contributed by atoms with E-state index in [4.69, 9.17) is 5.21 Å². The van der Waals surface area contributed by atoms with Gasteiger partial charge in [0.2, 0.25) is 0 Å². The zero-order valence-corrected chi connectivity index (χ0v) is 11.7. The van der Waals surface area contributed by atoms with Gasteiger partial charge in [0.05, 0.1) is 5.71 Å². The number of rotatable bonds is 1. The summed E-state index contributed by atoms with van der Waals surface area (Å²) in [7, 11) is 0. The van der Waals surface area contributed by atoms with Crippen LogP contribution in [0.4, 0.5) is 0 Å². The summed E-state index contributed by atoms with van der Waals surface area (Å²) in [5.74, 6) is 0.190. The molecular weight excluding hydrogens is 240 g/mol. The smallest absolute Gasteiger partial charge is 0.254 e. The van der Waals surface area contributed by atoms with Gasteiger partial charge >= 0.3 is 0 Å². The Morgan fingerprint density at radius 3 is 2.74 bits per heavy atom. The summed E-state index contributed by atoms with van der Waals surface area (Å²) in [6.07, 6.45) is 0.647. The lowest BCUT2D eigenvalue weighted by Gasteiger charge is -2.31. The largest absolute Gasteiger partial charge is 0.411 e. The molecule has 1 aliphatic heterocycles. The predicted octanol–water partition coefficient (Wildman–Crippen LogP) is 2.62. The molecule has 1 amide bonds. The van der Waals surface area contributed by atoms with E-state index < -0.39 is 0 Å². The fourth-order valence-corrected chi connectivity index (χ4v) is 2.58. The molecule has 0 spiro atoms.